The van der Waals surface area contributed by atoms with Crippen molar-refractivity contribution in [2.75, 3.05) is 5.32 Å². The van der Waals surface area contributed by atoms with Crippen molar-refractivity contribution < 1.29 is 14.0 Å². The molecule has 6 nitrogen and oxygen atoms in total. The van der Waals surface area contributed by atoms with E-state index in [0.29, 0.717) is 12.1 Å². The second-order valence-corrected chi connectivity index (χ2v) is 7.31. The molecule has 0 saturated carbocycles. The Labute approximate surface area is 148 Å². The fourth-order valence-electron chi connectivity index (χ4n) is 2.85. The lowest BCUT2D eigenvalue weighted by Crippen LogP contribution is -2.37. The number of hydrogen-bond donors (Lipinski definition) is 3. The number of amides is 2. The van der Waals surface area contributed by atoms with Crippen molar-refractivity contribution >= 4 is 29.0 Å². The first-order chi connectivity index (χ1) is 11.9. The van der Waals surface area contributed by atoms with Gasteiger partial charge in [-0.1, -0.05) is 19.9 Å². The molecule has 3 rings (SSSR count). The van der Waals surface area contributed by atoms with Crippen LogP contribution in [0.1, 0.15) is 36.2 Å². The number of nitrogens with one attached hydrogen (secondary N) is 2. The van der Waals surface area contributed by atoms with E-state index in [-0.39, 0.29) is 35.3 Å². The summed E-state index contributed by atoms with van der Waals surface area (Å²) >= 11 is 1.41. The molecule has 1 aliphatic heterocycles. The normalized spacial score (nSPS) is 14.3. The average molecular weight is 362 g/mol. The van der Waals surface area contributed by atoms with Gasteiger partial charge in [-0.05, 0) is 23.8 Å². The van der Waals surface area contributed by atoms with E-state index in [0.717, 1.165) is 4.88 Å². The van der Waals surface area contributed by atoms with Crippen LogP contribution in [0, 0.1) is 11.7 Å². The lowest BCUT2D eigenvalue weighted by atomic mass is 10.0. The summed E-state index contributed by atoms with van der Waals surface area (Å²) in [6, 6.07) is 2.92. The third-order valence-corrected chi connectivity index (χ3v) is 4.88. The maximum absolute atomic E-state index is 14.9. The van der Waals surface area contributed by atoms with Crippen LogP contribution in [0.5, 0.6) is 0 Å². The van der Waals surface area contributed by atoms with Crippen molar-refractivity contribution in [2.45, 2.75) is 32.9 Å². The number of pyridine rings is 1. The summed E-state index contributed by atoms with van der Waals surface area (Å²) in [7, 11) is 0. The lowest BCUT2D eigenvalue weighted by Gasteiger charge is -2.19. The second kappa shape index (κ2) is 6.79. The molecule has 3 heterocycles. The molecule has 132 valence electrons. The molecular formula is C17H19FN4O2S. The molecule has 0 spiro atoms. The maximum Gasteiger partial charge on any atom is 0.254 e. The Kier molecular flexibility index (Phi) is 4.71. The minimum Gasteiger partial charge on any atom is -0.368 e. The van der Waals surface area contributed by atoms with Gasteiger partial charge in [-0.15, -0.1) is 11.3 Å². The summed E-state index contributed by atoms with van der Waals surface area (Å²) in [6.45, 7) is 3.99. The van der Waals surface area contributed by atoms with E-state index >= 15 is 0 Å². The topological polar surface area (TPSA) is 97.1 Å². The van der Waals surface area contributed by atoms with E-state index in [1.807, 2.05) is 31.4 Å². The minimum absolute atomic E-state index is 0.0527. The summed E-state index contributed by atoms with van der Waals surface area (Å²) in [5, 5.41) is 7.32. The largest absolute Gasteiger partial charge is 0.368 e. The fourth-order valence-corrected chi connectivity index (χ4v) is 3.57. The lowest BCUT2D eigenvalue weighted by molar-refractivity contribution is -0.119. The van der Waals surface area contributed by atoms with Crippen LogP contribution in [-0.4, -0.2) is 22.8 Å². The van der Waals surface area contributed by atoms with Crippen molar-refractivity contribution in [1.82, 2.24) is 10.3 Å². The van der Waals surface area contributed by atoms with E-state index in [1.54, 1.807) is 0 Å². The Hall–Kier alpha value is -2.48. The molecule has 0 fully saturated rings. The summed E-state index contributed by atoms with van der Waals surface area (Å²) < 4.78 is 14.9. The Bertz CT molecular complexity index is 821. The molecule has 2 amide bonds. The number of hydrogen-bond acceptors (Lipinski definition) is 5. The van der Waals surface area contributed by atoms with E-state index in [9.17, 15) is 14.0 Å². The number of primary amides is 1. The highest BCUT2D eigenvalue weighted by Crippen LogP contribution is 2.35. The Morgan fingerprint density at radius 2 is 2.28 bits per heavy atom. The van der Waals surface area contributed by atoms with Crippen LogP contribution in [0.25, 0.3) is 10.6 Å². The molecule has 2 aromatic rings. The van der Waals surface area contributed by atoms with Gasteiger partial charge in [0, 0.05) is 12.1 Å². The smallest absolute Gasteiger partial charge is 0.254 e. The Balaban J connectivity index is 2.07. The van der Waals surface area contributed by atoms with Gasteiger partial charge in [0.2, 0.25) is 5.91 Å². The Morgan fingerprint density at radius 3 is 2.88 bits per heavy atom. The summed E-state index contributed by atoms with van der Waals surface area (Å²) in [6.07, 6.45) is 0.457. The third-order valence-electron chi connectivity index (χ3n) is 4.00. The average Bonchev–Trinajstić information content (AvgIpc) is 3.19. The van der Waals surface area contributed by atoms with Crippen molar-refractivity contribution in [1.29, 1.82) is 0 Å². The standard InChI is InChI=1S/C17H19FN4O2S/c1-8(2)6-10(15(19)23)21-16-13(18)9-7-20-17(24)12(9)14(22-16)11-4-3-5-25-11/h3-5,8,10H,6-7H2,1-2H3,(H2,19,23)(H,20,24)(H,21,22). The van der Waals surface area contributed by atoms with E-state index in [2.05, 4.69) is 15.6 Å². The highest BCUT2D eigenvalue weighted by molar-refractivity contribution is 7.13. The monoisotopic (exact) mass is 362 g/mol. The molecule has 0 saturated heterocycles. The number of fused-ring (bicyclic) bond motifs is 1. The number of carbonyl (C=O) groups is 2. The predicted octanol–water partition coefficient (Wildman–Crippen LogP) is 2.50. The number of nitrogens with two attached hydrogens (primary N) is 1. The van der Waals surface area contributed by atoms with Crippen molar-refractivity contribution in [3.8, 4) is 10.6 Å². The van der Waals surface area contributed by atoms with Gasteiger partial charge in [0.1, 0.15) is 6.04 Å². The van der Waals surface area contributed by atoms with Crippen LogP contribution in [0.15, 0.2) is 17.5 Å². The molecule has 0 radical (unpaired) electrons. The molecule has 4 N–H and O–H groups in total. The molecule has 1 atom stereocenters. The van der Waals surface area contributed by atoms with Crippen LogP contribution in [0.4, 0.5) is 10.2 Å². The van der Waals surface area contributed by atoms with Crippen molar-refractivity contribution in [3.63, 3.8) is 0 Å². The highest BCUT2D eigenvalue weighted by Gasteiger charge is 2.31. The number of anilines is 1. The quantitative estimate of drug-likeness (QED) is 0.735. The Morgan fingerprint density at radius 1 is 1.52 bits per heavy atom. The van der Waals surface area contributed by atoms with Crippen LogP contribution < -0.4 is 16.4 Å². The predicted molar refractivity (Wildman–Crippen MR) is 94.7 cm³/mol. The molecule has 0 aromatic carbocycles. The number of halogens is 1. The summed E-state index contributed by atoms with van der Waals surface area (Å²) in [5.41, 5.74) is 6.37. The van der Waals surface area contributed by atoms with Gasteiger partial charge in [-0.3, -0.25) is 9.59 Å². The first kappa shape index (κ1) is 17.3. The number of rotatable bonds is 6. The van der Waals surface area contributed by atoms with Crippen molar-refractivity contribution in [2.24, 2.45) is 11.7 Å². The first-order valence-corrected chi connectivity index (χ1v) is 8.86. The summed E-state index contributed by atoms with van der Waals surface area (Å²) in [4.78, 5) is 28.9. The van der Waals surface area contributed by atoms with Gasteiger partial charge in [0.25, 0.3) is 5.91 Å². The first-order valence-electron chi connectivity index (χ1n) is 7.98. The molecule has 0 bridgehead atoms. The number of aromatic nitrogens is 1. The second-order valence-electron chi connectivity index (χ2n) is 6.37. The van der Waals surface area contributed by atoms with Crippen LogP contribution >= 0.6 is 11.3 Å². The van der Waals surface area contributed by atoms with Crippen molar-refractivity contribution in [3.05, 3.63) is 34.5 Å². The van der Waals surface area contributed by atoms with E-state index in [1.165, 1.54) is 11.3 Å². The maximum atomic E-state index is 14.9. The molecular weight excluding hydrogens is 343 g/mol. The van der Waals surface area contributed by atoms with E-state index < -0.39 is 17.8 Å². The zero-order chi connectivity index (χ0) is 18.1. The summed E-state index contributed by atoms with van der Waals surface area (Å²) in [5.74, 6) is -1.39. The molecule has 8 heteroatoms. The fraction of sp³-hybridized carbons (Fsp3) is 0.353. The zero-order valence-electron chi connectivity index (χ0n) is 13.9. The molecule has 1 aliphatic rings. The SMILES string of the molecule is CC(C)CC(Nc1nc(-c2cccs2)c2c(c1F)CNC2=O)C(N)=O. The molecule has 2 aromatic heterocycles. The molecule has 0 aliphatic carbocycles. The third kappa shape index (κ3) is 3.34. The van der Waals surface area contributed by atoms with Gasteiger partial charge in [0.15, 0.2) is 11.6 Å². The highest BCUT2D eigenvalue weighted by atomic mass is 32.1. The minimum atomic E-state index is -0.735. The number of carbonyl (C=O) groups excluding carboxylic acids is 2. The molecule has 25 heavy (non-hydrogen) atoms. The molecule has 1 unspecified atom stereocenters. The van der Waals surface area contributed by atoms with Gasteiger partial charge in [0.05, 0.1) is 16.1 Å². The van der Waals surface area contributed by atoms with Crippen LogP contribution in [-0.2, 0) is 11.3 Å². The zero-order valence-corrected chi connectivity index (χ0v) is 14.7. The van der Waals surface area contributed by atoms with Gasteiger partial charge < -0.3 is 16.4 Å². The van der Waals surface area contributed by atoms with Crippen LogP contribution in [0.2, 0.25) is 0 Å². The number of nitrogens with zero attached hydrogens (tertiary/aromatic N) is 1. The van der Waals surface area contributed by atoms with Gasteiger partial charge in [-0.2, -0.15) is 0 Å². The van der Waals surface area contributed by atoms with Gasteiger partial charge in [-0.25, -0.2) is 9.37 Å². The van der Waals surface area contributed by atoms with Gasteiger partial charge >= 0.3 is 0 Å². The van der Waals surface area contributed by atoms with Crippen LogP contribution in [0.3, 0.4) is 0 Å². The van der Waals surface area contributed by atoms with E-state index in [4.69, 9.17) is 5.73 Å². The number of thiophene rings is 1.